The van der Waals surface area contributed by atoms with Crippen LogP contribution in [0.3, 0.4) is 0 Å². The summed E-state index contributed by atoms with van der Waals surface area (Å²) in [6, 6.07) is 13.2. The number of nitrogens with zero attached hydrogens (tertiary/aromatic N) is 2. The van der Waals surface area contributed by atoms with Gasteiger partial charge in [0.05, 0.1) is 10.6 Å². The van der Waals surface area contributed by atoms with Crippen LogP contribution in [0.1, 0.15) is 26.3 Å². The second-order valence-corrected chi connectivity index (χ2v) is 10.6. The molecule has 0 aliphatic carbocycles. The molecule has 31 heavy (non-hydrogen) atoms. The number of sulfonamides is 1. The van der Waals surface area contributed by atoms with Gasteiger partial charge in [-0.1, -0.05) is 29.5 Å². The van der Waals surface area contributed by atoms with Crippen LogP contribution in [0.2, 0.25) is 0 Å². The summed E-state index contributed by atoms with van der Waals surface area (Å²) in [7, 11) is -3.67. The second kappa shape index (κ2) is 9.11. The number of anilines is 1. The van der Waals surface area contributed by atoms with Gasteiger partial charge < -0.3 is 9.73 Å². The Balaban J connectivity index is 1.63. The zero-order valence-electron chi connectivity index (χ0n) is 17.7. The van der Waals surface area contributed by atoms with Crippen LogP contribution >= 0.6 is 11.8 Å². The fraction of sp³-hybridized carbons (Fsp3) is 0.286. The highest BCUT2D eigenvalue weighted by Gasteiger charge is 2.17. The fourth-order valence-electron chi connectivity index (χ4n) is 2.58. The van der Waals surface area contributed by atoms with Crippen molar-refractivity contribution in [3.8, 4) is 11.5 Å². The van der Waals surface area contributed by atoms with Gasteiger partial charge in [0.1, 0.15) is 0 Å². The number of hydrogen-bond donors (Lipinski definition) is 2. The monoisotopic (exact) mass is 460 g/mol. The van der Waals surface area contributed by atoms with Gasteiger partial charge in [-0.25, -0.2) is 8.42 Å². The third-order valence-corrected chi connectivity index (χ3v) is 6.18. The summed E-state index contributed by atoms with van der Waals surface area (Å²) in [6.45, 7) is 7.62. The van der Waals surface area contributed by atoms with E-state index in [1.807, 2.05) is 27.7 Å². The van der Waals surface area contributed by atoms with E-state index in [1.54, 1.807) is 48.5 Å². The normalized spacial score (nSPS) is 11.9. The number of carbonyl (C=O) groups is 1. The van der Waals surface area contributed by atoms with Gasteiger partial charge in [-0.3, -0.25) is 9.52 Å². The number of amides is 1. The lowest BCUT2D eigenvalue weighted by Crippen LogP contribution is -2.41. The number of aryl methyl sites for hydroxylation is 1. The van der Waals surface area contributed by atoms with Crippen LogP contribution in [0.25, 0.3) is 11.5 Å². The highest BCUT2D eigenvalue weighted by molar-refractivity contribution is 7.99. The van der Waals surface area contributed by atoms with Gasteiger partial charge in [0.15, 0.2) is 0 Å². The van der Waals surface area contributed by atoms with Crippen LogP contribution in [-0.4, -0.2) is 35.8 Å². The van der Waals surface area contributed by atoms with E-state index < -0.39 is 10.0 Å². The topological polar surface area (TPSA) is 114 Å². The van der Waals surface area contributed by atoms with Crippen LogP contribution in [0.4, 0.5) is 5.69 Å². The molecule has 2 aromatic carbocycles. The molecule has 8 nitrogen and oxygen atoms in total. The minimum absolute atomic E-state index is 0.123. The molecule has 3 aromatic rings. The number of benzene rings is 2. The van der Waals surface area contributed by atoms with E-state index in [4.69, 9.17) is 4.42 Å². The molecule has 0 atom stereocenters. The van der Waals surface area contributed by atoms with E-state index in [0.29, 0.717) is 11.3 Å². The maximum absolute atomic E-state index is 12.5. The van der Waals surface area contributed by atoms with Gasteiger partial charge in [0.25, 0.3) is 15.2 Å². The molecular formula is C21H24N4O4S2. The molecule has 0 bridgehead atoms. The molecule has 0 saturated carbocycles. The number of carbonyl (C=O) groups excluding carboxylic acids is 1. The minimum atomic E-state index is -3.67. The Labute approximate surface area is 185 Å². The molecule has 0 fully saturated rings. The van der Waals surface area contributed by atoms with Crippen molar-refractivity contribution >= 4 is 33.4 Å². The molecule has 0 saturated heterocycles. The molecule has 0 aliphatic heterocycles. The number of nitrogens with one attached hydrogen (secondary N) is 2. The first-order valence-electron chi connectivity index (χ1n) is 9.49. The van der Waals surface area contributed by atoms with Crippen molar-refractivity contribution in [2.75, 3.05) is 10.5 Å². The molecule has 10 heteroatoms. The number of aromatic nitrogens is 2. The van der Waals surface area contributed by atoms with Gasteiger partial charge >= 0.3 is 0 Å². The van der Waals surface area contributed by atoms with Gasteiger partial charge in [-0.15, -0.1) is 10.2 Å². The molecule has 1 amide bonds. The van der Waals surface area contributed by atoms with Crippen molar-refractivity contribution in [2.45, 2.75) is 43.4 Å². The van der Waals surface area contributed by atoms with Crippen LogP contribution < -0.4 is 10.0 Å². The molecule has 1 aromatic heterocycles. The molecule has 164 valence electrons. The van der Waals surface area contributed by atoms with Crippen molar-refractivity contribution < 1.29 is 17.6 Å². The Morgan fingerprint density at radius 3 is 2.29 bits per heavy atom. The summed E-state index contributed by atoms with van der Waals surface area (Å²) in [6.07, 6.45) is 0. The van der Waals surface area contributed by atoms with E-state index >= 15 is 0 Å². The zero-order valence-corrected chi connectivity index (χ0v) is 19.3. The average molecular weight is 461 g/mol. The Morgan fingerprint density at radius 1 is 1.03 bits per heavy atom. The lowest BCUT2D eigenvalue weighted by atomic mass is 10.1. The summed E-state index contributed by atoms with van der Waals surface area (Å²) < 4.78 is 33.1. The first kappa shape index (κ1) is 22.8. The average Bonchev–Trinajstić information content (AvgIpc) is 3.15. The lowest BCUT2D eigenvalue weighted by Gasteiger charge is -2.19. The minimum Gasteiger partial charge on any atom is -0.411 e. The predicted molar refractivity (Wildman–Crippen MR) is 120 cm³/mol. The molecule has 0 unspecified atom stereocenters. The van der Waals surface area contributed by atoms with Crippen LogP contribution in [0, 0.1) is 6.92 Å². The molecule has 2 N–H and O–H groups in total. The standard InChI is InChI=1S/C21H24N4O4S2/c1-14-5-11-17(12-6-14)31(27,28)25-16-9-7-15(8-10-16)19-23-24-20(29-19)30-13-18(26)22-21(2,3)4/h5-12,25H,13H2,1-4H3,(H,22,26). The van der Waals surface area contributed by atoms with Gasteiger partial charge in [0, 0.05) is 16.8 Å². The quantitative estimate of drug-likeness (QED) is 0.515. The highest BCUT2D eigenvalue weighted by atomic mass is 32.2. The molecule has 0 aliphatic rings. The Kier molecular flexibility index (Phi) is 6.71. The van der Waals surface area contributed by atoms with Gasteiger partial charge in [-0.2, -0.15) is 0 Å². The van der Waals surface area contributed by atoms with Crippen molar-refractivity contribution in [3.05, 3.63) is 54.1 Å². The van der Waals surface area contributed by atoms with E-state index in [-0.39, 0.29) is 33.2 Å². The maximum atomic E-state index is 12.5. The predicted octanol–water partition coefficient (Wildman–Crippen LogP) is 3.85. The summed E-state index contributed by atoms with van der Waals surface area (Å²) in [5.74, 6) is 0.327. The van der Waals surface area contributed by atoms with E-state index in [9.17, 15) is 13.2 Å². The molecule has 0 radical (unpaired) electrons. The Hall–Kier alpha value is -2.85. The SMILES string of the molecule is Cc1ccc(S(=O)(=O)Nc2ccc(-c3nnc(SCC(=O)NC(C)(C)C)o3)cc2)cc1. The van der Waals surface area contributed by atoms with E-state index in [2.05, 4.69) is 20.2 Å². The van der Waals surface area contributed by atoms with Crippen LogP contribution in [0.15, 0.2) is 63.1 Å². The third-order valence-electron chi connectivity index (χ3n) is 3.96. The number of thioether (sulfide) groups is 1. The highest BCUT2D eigenvalue weighted by Crippen LogP contribution is 2.25. The van der Waals surface area contributed by atoms with E-state index in [0.717, 1.165) is 17.3 Å². The third kappa shape index (κ3) is 6.56. The van der Waals surface area contributed by atoms with Gasteiger partial charge in [0.2, 0.25) is 11.8 Å². The van der Waals surface area contributed by atoms with Crippen molar-refractivity contribution in [3.63, 3.8) is 0 Å². The van der Waals surface area contributed by atoms with Crippen molar-refractivity contribution in [1.82, 2.24) is 15.5 Å². The maximum Gasteiger partial charge on any atom is 0.277 e. The largest absolute Gasteiger partial charge is 0.411 e. The molecule has 3 rings (SSSR count). The Morgan fingerprint density at radius 2 is 1.68 bits per heavy atom. The first-order chi connectivity index (χ1) is 14.5. The van der Waals surface area contributed by atoms with Crippen LogP contribution in [0.5, 0.6) is 0 Å². The van der Waals surface area contributed by atoms with Gasteiger partial charge in [-0.05, 0) is 64.1 Å². The summed E-state index contributed by atoms with van der Waals surface area (Å²) in [5.41, 5.74) is 1.73. The second-order valence-electron chi connectivity index (χ2n) is 7.96. The summed E-state index contributed by atoms with van der Waals surface area (Å²) in [4.78, 5) is 12.1. The summed E-state index contributed by atoms with van der Waals surface area (Å²) in [5, 5.41) is 11.1. The van der Waals surface area contributed by atoms with Crippen molar-refractivity contribution in [2.24, 2.45) is 0 Å². The van der Waals surface area contributed by atoms with Crippen LogP contribution in [-0.2, 0) is 14.8 Å². The first-order valence-corrected chi connectivity index (χ1v) is 12.0. The Bertz CT molecular complexity index is 1150. The lowest BCUT2D eigenvalue weighted by molar-refractivity contribution is -0.119. The smallest absolute Gasteiger partial charge is 0.277 e. The fourth-order valence-corrected chi connectivity index (χ4v) is 4.20. The molecule has 0 spiro atoms. The molecular weight excluding hydrogens is 436 g/mol. The zero-order chi connectivity index (χ0) is 22.6. The molecule has 1 heterocycles. The summed E-state index contributed by atoms with van der Waals surface area (Å²) >= 11 is 1.15. The number of hydrogen-bond acceptors (Lipinski definition) is 7. The van der Waals surface area contributed by atoms with E-state index in [1.165, 1.54) is 0 Å². The van der Waals surface area contributed by atoms with Crippen molar-refractivity contribution in [1.29, 1.82) is 0 Å². The number of rotatable bonds is 7.